The maximum absolute atomic E-state index is 11.6. The van der Waals surface area contributed by atoms with Gasteiger partial charge in [0.05, 0.1) is 17.3 Å². The summed E-state index contributed by atoms with van der Waals surface area (Å²) in [5.41, 5.74) is 2.14. The van der Waals surface area contributed by atoms with Crippen LogP contribution in [0.25, 0.3) is 10.2 Å². The van der Waals surface area contributed by atoms with Crippen LogP contribution in [0.5, 0.6) is 10.9 Å². The lowest BCUT2D eigenvalue weighted by Crippen LogP contribution is -2.46. The minimum absolute atomic E-state index is 0.0115. The van der Waals surface area contributed by atoms with Crippen LogP contribution < -0.4 is 10.1 Å². The molecule has 0 saturated carbocycles. The maximum atomic E-state index is 11.6. The van der Waals surface area contributed by atoms with Gasteiger partial charge in [0.15, 0.2) is 0 Å². The summed E-state index contributed by atoms with van der Waals surface area (Å²) in [4.78, 5) is 29.7. The van der Waals surface area contributed by atoms with E-state index >= 15 is 0 Å². The molecular weight excluding hydrogens is 402 g/mol. The van der Waals surface area contributed by atoms with Crippen molar-refractivity contribution < 1.29 is 19.1 Å². The number of methoxy groups -OCH3 is 1. The Kier molecular flexibility index (Phi) is 6.25. The first kappa shape index (κ1) is 20.3. The van der Waals surface area contributed by atoms with Crippen LogP contribution in [-0.2, 0) is 20.9 Å². The first-order chi connectivity index (χ1) is 14.6. The van der Waals surface area contributed by atoms with Gasteiger partial charge >= 0.3 is 11.9 Å². The van der Waals surface area contributed by atoms with Crippen molar-refractivity contribution in [3.8, 4) is 10.9 Å². The maximum Gasteiger partial charge on any atom is 0.396 e. The van der Waals surface area contributed by atoms with Gasteiger partial charge in [0.25, 0.3) is 5.19 Å². The van der Waals surface area contributed by atoms with E-state index in [4.69, 9.17) is 4.74 Å². The molecule has 0 radical (unpaired) electrons. The zero-order valence-corrected chi connectivity index (χ0v) is 17.5. The lowest BCUT2D eigenvalue weighted by atomic mass is 10.0. The number of benzene rings is 2. The van der Waals surface area contributed by atoms with Crippen LogP contribution in [0.1, 0.15) is 18.4 Å². The number of rotatable bonds is 5. The molecule has 4 rings (SSSR count). The molecule has 0 atom stereocenters. The largest absolute Gasteiger partial charge is 0.462 e. The Labute approximate surface area is 178 Å². The molecule has 0 unspecified atom stereocenters. The molecule has 7 nitrogen and oxygen atoms in total. The summed E-state index contributed by atoms with van der Waals surface area (Å²) >= 11 is 1.53. The van der Waals surface area contributed by atoms with Gasteiger partial charge in [0.1, 0.15) is 5.75 Å². The molecule has 30 heavy (non-hydrogen) atoms. The molecule has 8 heteroatoms. The van der Waals surface area contributed by atoms with Gasteiger partial charge in [0, 0.05) is 25.7 Å². The van der Waals surface area contributed by atoms with E-state index in [9.17, 15) is 9.59 Å². The fraction of sp³-hybridized carbons (Fsp3) is 0.318. The second-order valence-electron chi connectivity index (χ2n) is 7.21. The number of piperidine rings is 1. The van der Waals surface area contributed by atoms with Gasteiger partial charge in [-0.25, -0.2) is 9.78 Å². The summed E-state index contributed by atoms with van der Waals surface area (Å²) in [6, 6.07) is 16.0. The number of esters is 1. The van der Waals surface area contributed by atoms with Crippen LogP contribution in [0.15, 0.2) is 48.5 Å². The fourth-order valence-electron chi connectivity index (χ4n) is 3.49. The smallest absolute Gasteiger partial charge is 0.396 e. The average molecular weight is 426 g/mol. The average Bonchev–Trinajstić information content (AvgIpc) is 3.18. The van der Waals surface area contributed by atoms with E-state index in [1.54, 1.807) is 0 Å². The Morgan fingerprint density at radius 2 is 1.87 bits per heavy atom. The molecule has 1 N–H and O–H groups in total. The van der Waals surface area contributed by atoms with Crippen LogP contribution in [0.3, 0.4) is 0 Å². The van der Waals surface area contributed by atoms with Gasteiger partial charge in [-0.1, -0.05) is 35.6 Å². The van der Waals surface area contributed by atoms with Crippen molar-refractivity contribution in [1.29, 1.82) is 0 Å². The molecule has 0 aliphatic carbocycles. The lowest BCUT2D eigenvalue weighted by Gasteiger charge is -2.32. The van der Waals surface area contributed by atoms with Crippen LogP contribution in [-0.4, -0.2) is 48.0 Å². The summed E-state index contributed by atoms with van der Waals surface area (Å²) < 4.78 is 11.5. The van der Waals surface area contributed by atoms with Gasteiger partial charge in [-0.15, -0.1) is 0 Å². The standard InChI is InChI=1S/C22H23N3O4S/c1-28-21(27)20(26)23-16-10-12-25(13-11-16)14-15-6-8-17(9-7-15)29-22-24-18-4-2-3-5-19(18)30-22/h2-9,16H,10-14H2,1H3,(H,23,26). The van der Waals surface area contributed by atoms with Crippen LogP contribution in [0.4, 0.5) is 0 Å². The highest BCUT2D eigenvalue weighted by Crippen LogP contribution is 2.31. The number of nitrogens with zero attached hydrogens (tertiary/aromatic N) is 2. The highest BCUT2D eigenvalue weighted by molar-refractivity contribution is 7.20. The van der Waals surface area contributed by atoms with E-state index in [1.165, 1.54) is 24.0 Å². The minimum Gasteiger partial charge on any atom is -0.462 e. The molecule has 3 aromatic rings. The third kappa shape index (κ3) is 4.95. The monoisotopic (exact) mass is 425 g/mol. The lowest BCUT2D eigenvalue weighted by molar-refractivity contribution is -0.153. The number of carbonyl (C=O) groups is 2. The van der Waals surface area contributed by atoms with Gasteiger partial charge in [-0.3, -0.25) is 9.69 Å². The second kappa shape index (κ2) is 9.23. The number of aromatic nitrogens is 1. The Bertz CT molecular complexity index is 993. The number of likely N-dealkylation sites (tertiary alicyclic amines) is 1. The number of nitrogens with one attached hydrogen (secondary N) is 1. The van der Waals surface area contributed by atoms with E-state index in [0.29, 0.717) is 5.19 Å². The highest BCUT2D eigenvalue weighted by atomic mass is 32.1. The number of carbonyl (C=O) groups excluding carboxylic acids is 2. The SMILES string of the molecule is COC(=O)C(=O)NC1CCN(Cc2ccc(Oc3nc4ccccc4s3)cc2)CC1. The molecular formula is C22H23N3O4S. The molecule has 0 bridgehead atoms. The number of para-hydroxylation sites is 1. The van der Waals surface area contributed by atoms with E-state index in [0.717, 1.165) is 48.4 Å². The van der Waals surface area contributed by atoms with Gasteiger partial charge in [-0.2, -0.15) is 0 Å². The van der Waals surface area contributed by atoms with Gasteiger partial charge < -0.3 is 14.8 Å². The summed E-state index contributed by atoms with van der Waals surface area (Å²) in [5.74, 6) is -0.743. The third-order valence-corrected chi connectivity index (χ3v) is 6.02. The number of hydrogen-bond acceptors (Lipinski definition) is 7. The number of thiazole rings is 1. The van der Waals surface area contributed by atoms with Crippen molar-refractivity contribution in [3.63, 3.8) is 0 Å². The molecule has 1 aromatic heterocycles. The topological polar surface area (TPSA) is 80.8 Å². The van der Waals surface area contributed by atoms with Crippen LogP contribution in [0, 0.1) is 0 Å². The molecule has 1 saturated heterocycles. The summed E-state index contributed by atoms with van der Waals surface area (Å²) in [7, 11) is 1.21. The Morgan fingerprint density at radius 1 is 1.13 bits per heavy atom. The number of hydrogen-bond donors (Lipinski definition) is 1. The zero-order chi connectivity index (χ0) is 20.9. The van der Waals surface area contributed by atoms with E-state index in [-0.39, 0.29) is 6.04 Å². The molecule has 156 valence electrons. The Balaban J connectivity index is 1.27. The quantitative estimate of drug-likeness (QED) is 0.499. The predicted octanol–water partition coefficient (Wildman–Crippen LogP) is 3.34. The summed E-state index contributed by atoms with van der Waals surface area (Å²) in [6.45, 7) is 2.55. The Morgan fingerprint density at radius 3 is 2.57 bits per heavy atom. The van der Waals surface area contributed by atoms with Gasteiger partial charge in [0.2, 0.25) is 0 Å². The van der Waals surface area contributed by atoms with Crippen LogP contribution >= 0.6 is 11.3 Å². The first-order valence-electron chi connectivity index (χ1n) is 9.84. The van der Waals surface area contributed by atoms with Crippen molar-refractivity contribution in [2.45, 2.75) is 25.4 Å². The molecule has 1 aliphatic rings. The number of fused-ring (bicyclic) bond motifs is 1. The molecule has 0 spiro atoms. The minimum atomic E-state index is -0.842. The summed E-state index contributed by atoms with van der Waals surface area (Å²) in [5, 5.41) is 3.37. The highest BCUT2D eigenvalue weighted by Gasteiger charge is 2.23. The zero-order valence-electron chi connectivity index (χ0n) is 16.7. The molecule has 2 aromatic carbocycles. The van der Waals surface area contributed by atoms with E-state index in [1.807, 2.05) is 36.4 Å². The van der Waals surface area contributed by atoms with Crippen LogP contribution in [0.2, 0.25) is 0 Å². The van der Waals surface area contributed by atoms with Crippen molar-refractivity contribution in [2.75, 3.05) is 20.2 Å². The molecule has 1 aliphatic heterocycles. The molecule has 2 heterocycles. The number of ether oxygens (including phenoxy) is 2. The van der Waals surface area contributed by atoms with E-state index in [2.05, 4.69) is 32.1 Å². The van der Waals surface area contributed by atoms with Gasteiger partial charge in [-0.05, 0) is 42.7 Å². The third-order valence-electron chi connectivity index (χ3n) is 5.10. The normalized spacial score (nSPS) is 15.1. The first-order valence-corrected chi connectivity index (χ1v) is 10.7. The van der Waals surface area contributed by atoms with Crippen molar-refractivity contribution in [2.24, 2.45) is 0 Å². The summed E-state index contributed by atoms with van der Waals surface area (Å²) in [6.07, 6.45) is 1.61. The van der Waals surface area contributed by atoms with E-state index < -0.39 is 11.9 Å². The van der Waals surface area contributed by atoms with Crippen molar-refractivity contribution >= 4 is 33.4 Å². The molecule has 1 amide bonds. The second-order valence-corrected chi connectivity index (χ2v) is 8.20. The predicted molar refractivity (Wildman–Crippen MR) is 115 cm³/mol. The molecule has 1 fully saturated rings. The fourth-order valence-corrected chi connectivity index (χ4v) is 4.32. The Hall–Kier alpha value is -2.97. The van der Waals surface area contributed by atoms with Crippen molar-refractivity contribution in [1.82, 2.24) is 15.2 Å². The number of amides is 1. The van der Waals surface area contributed by atoms with Crippen molar-refractivity contribution in [3.05, 3.63) is 54.1 Å².